The van der Waals surface area contributed by atoms with Gasteiger partial charge in [0.15, 0.2) is 0 Å². The highest BCUT2D eigenvalue weighted by Gasteiger charge is 2.13. The minimum Gasteiger partial charge on any atom is -0.496 e. The van der Waals surface area contributed by atoms with Gasteiger partial charge in [-0.3, -0.25) is 0 Å². The predicted molar refractivity (Wildman–Crippen MR) is 98.5 cm³/mol. The summed E-state index contributed by atoms with van der Waals surface area (Å²) in [5, 5.41) is 7.33. The summed E-state index contributed by atoms with van der Waals surface area (Å²) in [4.78, 5) is 11.8. The Balaban J connectivity index is 2.22. The van der Waals surface area contributed by atoms with Gasteiger partial charge in [0.25, 0.3) is 0 Å². The SMILES string of the molecule is COC(=O)c1ccccc1OCc1cc(C=NN=C(N)N)ccc1OC. The van der Waals surface area contributed by atoms with Crippen molar-refractivity contribution >= 4 is 18.1 Å². The van der Waals surface area contributed by atoms with Crippen molar-refractivity contribution in [3.05, 3.63) is 59.2 Å². The molecule has 26 heavy (non-hydrogen) atoms. The van der Waals surface area contributed by atoms with Gasteiger partial charge >= 0.3 is 5.97 Å². The lowest BCUT2D eigenvalue weighted by Crippen LogP contribution is -2.21. The van der Waals surface area contributed by atoms with E-state index in [-0.39, 0.29) is 12.6 Å². The summed E-state index contributed by atoms with van der Waals surface area (Å²) in [6.07, 6.45) is 1.51. The molecule has 0 spiro atoms. The number of nitrogens with two attached hydrogens (primary N) is 2. The van der Waals surface area contributed by atoms with Gasteiger partial charge in [0.05, 0.1) is 20.4 Å². The summed E-state index contributed by atoms with van der Waals surface area (Å²) in [7, 11) is 2.88. The second kappa shape index (κ2) is 9.07. The molecule has 8 heteroatoms. The lowest BCUT2D eigenvalue weighted by Gasteiger charge is -2.13. The molecule has 2 rings (SSSR count). The van der Waals surface area contributed by atoms with Crippen LogP contribution in [0.25, 0.3) is 0 Å². The number of benzene rings is 2. The van der Waals surface area contributed by atoms with Crippen molar-refractivity contribution in [1.29, 1.82) is 0 Å². The van der Waals surface area contributed by atoms with Gasteiger partial charge in [0, 0.05) is 5.56 Å². The Hall–Kier alpha value is -3.55. The molecule has 0 amide bonds. The molecule has 0 aliphatic heterocycles. The molecule has 2 aromatic carbocycles. The number of para-hydroxylation sites is 1. The third kappa shape index (κ3) is 4.97. The highest BCUT2D eigenvalue weighted by Crippen LogP contribution is 2.24. The Labute approximate surface area is 151 Å². The van der Waals surface area contributed by atoms with E-state index in [9.17, 15) is 4.79 Å². The number of esters is 1. The lowest BCUT2D eigenvalue weighted by molar-refractivity contribution is 0.0595. The van der Waals surface area contributed by atoms with Crippen LogP contribution in [0.4, 0.5) is 0 Å². The number of hydrogen-bond acceptors (Lipinski definition) is 6. The molecule has 0 radical (unpaired) electrons. The van der Waals surface area contributed by atoms with Gasteiger partial charge in [0.1, 0.15) is 23.7 Å². The van der Waals surface area contributed by atoms with Crippen LogP contribution < -0.4 is 20.9 Å². The number of ether oxygens (including phenoxy) is 3. The fourth-order valence-electron chi connectivity index (χ4n) is 2.18. The molecule has 0 saturated heterocycles. The summed E-state index contributed by atoms with van der Waals surface area (Å²) in [6, 6.07) is 12.3. The molecule has 0 aromatic heterocycles. The second-order valence-electron chi connectivity index (χ2n) is 5.12. The van der Waals surface area contributed by atoms with Crippen LogP contribution in [0.5, 0.6) is 11.5 Å². The largest absolute Gasteiger partial charge is 0.496 e. The molecule has 0 fully saturated rings. The number of carbonyl (C=O) groups excluding carboxylic acids is 1. The van der Waals surface area contributed by atoms with Crippen molar-refractivity contribution in [1.82, 2.24) is 0 Å². The Morgan fingerprint density at radius 3 is 2.58 bits per heavy atom. The fraction of sp³-hybridized carbons (Fsp3) is 0.167. The zero-order valence-electron chi connectivity index (χ0n) is 14.5. The van der Waals surface area contributed by atoms with Crippen molar-refractivity contribution in [3.63, 3.8) is 0 Å². The van der Waals surface area contributed by atoms with Gasteiger partial charge < -0.3 is 25.7 Å². The van der Waals surface area contributed by atoms with Crippen molar-refractivity contribution < 1.29 is 19.0 Å². The van der Waals surface area contributed by atoms with E-state index in [0.29, 0.717) is 17.1 Å². The molecular formula is C18H20N4O4. The number of rotatable bonds is 7. The monoisotopic (exact) mass is 356 g/mol. The van der Waals surface area contributed by atoms with Crippen LogP contribution in [0.2, 0.25) is 0 Å². The number of hydrogen-bond donors (Lipinski definition) is 2. The molecule has 8 nitrogen and oxygen atoms in total. The van der Waals surface area contributed by atoms with E-state index >= 15 is 0 Å². The Bertz CT molecular complexity index is 830. The lowest BCUT2D eigenvalue weighted by atomic mass is 10.1. The zero-order valence-corrected chi connectivity index (χ0v) is 14.5. The number of methoxy groups -OCH3 is 2. The van der Waals surface area contributed by atoms with Crippen LogP contribution in [0, 0.1) is 0 Å². The minimum absolute atomic E-state index is 0.127. The topological polar surface area (TPSA) is 122 Å². The van der Waals surface area contributed by atoms with Gasteiger partial charge in [-0.25, -0.2) is 4.79 Å². The molecule has 136 valence electrons. The first kappa shape index (κ1) is 18.8. The van der Waals surface area contributed by atoms with E-state index in [1.807, 2.05) is 6.07 Å². The summed E-state index contributed by atoms with van der Waals surface area (Å²) < 4.78 is 15.9. The van der Waals surface area contributed by atoms with Crippen molar-refractivity contribution in [2.45, 2.75) is 6.61 Å². The van der Waals surface area contributed by atoms with Crippen LogP contribution in [0.15, 0.2) is 52.7 Å². The average molecular weight is 356 g/mol. The van der Waals surface area contributed by atoms with E-state index in [1.54, 1.807) is 43.5 Å². The molecule has 4 N–H and O–H groups in total. The van der Waals surface area contributed by atoms with Crippen LogP contribution in [-0.2, 0) is 11.3 Å². The zero-order chi connectivity index (χ0) is 18.9. The van der Waals surface area contributed by atoms with Gasteiger partial charge in [-0.1, -0.05) is 12.1 Å². The average Bonchev–Trinajstić information content (AvgIpc) is 2.65. The normalized spacial score (nSPS) is 10.4. The van der Waals surface area contributed by atoms with Crippen LogP contribution in [0.1, 0.15) is 21.5 Å². The minimum atomic E-state index is -0.467. The van der Waals surface area contributed by atoms with Crippen LogP contribution in [0.3, 0.4) is 0 Å². The van der Waals surface area contributed by atoms with Crippen LogP contribution in [-0.4, -0.2) is 32.4 Å². The third-order valence-electron chi connectivity index (χ3n) is 3.36. The number of carbonyl (C=O) groups is 1. The maximum atomic E-state index is 11.8. The van der Waals surface area contributed by atoms with E-state index in [4.69, 9.17) is 25.7 Å². The second-order valence-corrected chi connectivity index (χ2v) is 5.12. The quantitative estimate of drug-likeness (QED) is 0.337. The highest BCUT2D eigenvalue weighted by atomic mass is 16.5. The summed E-state index contributed by atoms with van der Waals surface area (Å²) in [5.41, 5.74) is 12.3. The number of guanidine groups is 1. The Kier molecular flexibility index (Phi) is 6.55. The Morgan fingerprint density at radius 2 is 1.88 bits per heavy atom. The van der Waals surface area contributed by atoms with Gasteiger partial charge in [-0.05, 0) is 35.9 Å². The van der Waals surface area contributed by atoms with E-state index < -0.39 is 5.97 Å². The molecule has 0 bridgehead atoms. The summed E-state index contributed by atoms with van der Waals surface area (Å²) >= 11 is 0. The molecule has 0 saturated carbocycles. The van der Waals surface area contributed by atoms with Crippen molar-refractivity contribution in [2.75, 3.05) is 14.2 Å². The van der Waals surface area contributed by atoms with Crippen molar-refractivity contribution in [3.8, 4) is 11.5 Å². The molecule has 2 aromatic rings. The first-order chi connectivity index (χ1) is 12.5. The Morgan fingerprint density at radius 1 is 1.12 bits per heavy atom. The molecule has 0 unspecified atom stereocenters. The fourth-order valence-corrected chi connectivity index (χ4v) is 2.18. The summed E-state index contributed by atoms with van der Waals surface area (Å²) in [6.45, 7) is 0.182. The molecular weight excluding hydrogens is 336 g/mol. The van der Waals surface area contributed by atoms with Crippen molar-refractivity contribution in [2.24, 2.45) is 21.7 Å². The maximum absolute atomic E-state index is 11.8. The molecule has 0 heterocycles. The number of nitrogens with zero attached hydrogens (tertiary/aromatic N) is 2. The van der Waals surface area contributed by atoms with E-state index in [1.165, 1.54) is 13.3 Å². The van der Waals surface area contributed by atoms with E-state index in [0.717, 1.165) is 11.1 Å². The molecule has 0 aliphatic rings. The third-order valence-corrected chi connectivity index (χ3v) is 3.36. The van der Waals surface area contributed by atoms with Gasteiger partial charge in [-0.2, -0.15) is 5.10 Å². The smallest absolute Gasteiger partial charge is 0.341 e. The molecule has 0 atom stereocenters. The molecule has 0 aliphatic carbocycles. The maximum Gasteiger partial charge on any atom is 0.341 e. The first-order valence-electron chi connectivity index (χ1n) is 7.64. The standard InChI is InChI=1S/C18H20N4O4/c1-24-15-8-7-12(10-21-22-18(19)20)9-13(15)11-26-16-6-4-3-5-14(16)17(23)25-2/h3-10H,11H2,1-2H3,(H4,19,20,22). The van der Waals surface area contributed by atoms with Crippen LogP contribution >= 0.6 is 0 Å². The summed E-state index contributed by atoms with van der Waals surface area (Å²) in [5.74, 6) is 0.462. The predicted octanol–water partition coefficient (Wildman–Crippen LogP) is 1.67. The van der Waals surface area contributed by atoms with Gasteiger partial charge in [-0.15, -0.1) is 5.10 Å². The van der Waals surface area contributed by atoms with E-state index in [2.05, 4.69) is 10.2 Å². The highest BCUT2D eigenvalue weighted by molar-refractivity contribution is 5.92. The van der Waals surface area contributed by atoms with Gasteiger partial charge in [0.2, 0.25) is 5.96 Å². The first-order valence-corrected chi connectivity index (χ1v) is 7.64.